The van der Waals surface area contributed by atoms with Gasteiger partial charge >= 0.3 is 0 Å². The molecule has 0 bridgehead atoms. The largest absolute Gasteiger partial charge is 0.497 e. The Hall–Kier alpha value is -2.27. The standard InChI is InChI=1S/C18H21NO3S/c1-3-4-8-15-19(16-11-13-17(22-2)14-12-16)23(20,21)18-9-6-5-7-10-18/h3,5-7,9-14H,1,4,8,15H2,2H3. The van der Waals surface area contributed by atoms with Crippen LogP contribution in [0.25, 0.3) is 0 Å². The fraction of sp³-hybridized carbons (Fsp3) is 0.222. The number of anilines is 1. The molecule has 5 heteroatoms. The highest BCUT2D eigenvalue weighted by molar-refractivity contribution is 7.92. The summed E-state index contributed by atoms with van der Waals surface area (Å²) in [7, 11) is -2.02. The predicted octanol–water partition coefficient (Wildman–Crippen LogP) is 3.86. The summed E-state index contributed by atoms with van der Waals surface area (Å²) in [4.78, 5) is 0.287. The van der Waals surface area contributed by atoms with Crippen LogP contribution >= 0.6 is 0 Å². The zero-order valence-electron chi connectivity index (χ0n) is 13.2. The van der Waals surface area contributed by atoms with Gasteiger partial charge in [0.05, 0.1) is 17.7 Å². The smallest absolute Gasteiger partial charge is 0.264 e. The van der Waals surface area contributed by atoms with Crippen molar-refractivity contribution in [2.45, 2.75) is 17.7 Å². The second kappa shape index (κ2) is 7.83. The van der Waals surface area contributed by atoms with E-state index in [-0.39, 0.29) is 4.90 Å². The van der Waals surface area contributed by atoms with Crippen LogP contribution in [-0.4, -0.2) is 22.1 Å². The maximum atomic E-state index is 13.0. The molecule has 0 amide bonds. The van der Waals surface area contributed by atoms with E-state index in [4.69, 9.17) is 4.74 Å². The lowest BCUT2D eigenvalue weighted by molar-refractivity contribution is 0.415. The third kappa shape index (κ3) is 4.13. The Kier molecular flexibility index (Phi) is 5.82. The normalized spacial score (nSPS) is 11.0. The Morgan fingerprint density at radius 2 is 1.74 bits per heavy atom. The maximum absolute atomic E-state index is 13.0. The Bertz CT molecular complexity index is 725. The van der Waals surface area contributed by atoms with Crippen LogP contribution in [0.4, 0.5) is 5.69 Å². The number of allylic oxidation sites excluding steroid dienone is 1. The van der Waals surface area contributed by atoms with E-state index in [2.05, 4.69) is 6.58 Å². The lowest BCUT2D eigenvalue weighted by Crippen LogP contribution is -2.32. The van der Waals surface area contributed by atoms with Gasteiger partial charge in [0.25, 0.3) is 10.0 Å². The lowest BCUT2D eigenvalue weighted by Gasteiger charge is -2.24. The molecule has 2 aromatic carbocycles. The molecule has 0 aliphatic heterocycles. The minimum Gasteiger partial charge on any atom is -0.497 e. The van der Waals surface area contributed by atoms with Gasteiger partial charge in [-0.25, -0.2) is 8.42 Å². The lowest BCUT2D eigenvalue weighted by atomic mass is 10.2. The molecule has 122 valence electrons. The summed E-state index contributed by atoms with van der Waals surface area (Å²) in [5.41, 5.74) is 0.624. The van der Waals surface area contributed by atoms with E-state index in [0.29, 0.717) is 24.4 Å². The first-order valence-electron chi connectivity index (χ1n) is 7.42. The quantitative estimate of drug-likeness (QED) is 0.545. The molecular weight excluding hydrogens is 310 g/mol. The van der Waals surface area contributed by atoms with E-state index in [1.807, 2.05) is 0 Å². The van der Waals surface area contributed by atoms with Crippen LogP contribution in [0.1, 0.15) is 12.8 Å². The molecule has 0 aliphatic carbocycles. The molecule has 0 N–H and O–H groups in total. The van der Waals surface area contributed by atoms with Crippen molar-refractivity contribution >= 4 is 15.7 Å². The van der Waals surface area contributed by atoms with Gasteiger partial charge in [0, 0.05) is 6.54 Å². The predicted molar refractivity (Wildman–Crippen MR) is 93.4 cm³/mol. The van der Waals surface area contributed by atoms with Gasteiger partial charge in [0.2, 0.25) is 0 Å². The fourth-order valence-corrected chi connectivity index (χ4v) is 3.76. The topological polar surface area (TPSA) is 46.6 Å². The van der Waals surface area contributed by atoms with Crippen molar-refractivity contribution < 1.29 is 13.2 Å². The number of sulfonamides is 1. The number of nitrogens with zero attached hydrogens (tertiary/aromatic N) is 1. The maximum Gasteiger partial charge on any atom is 0.264 e. The van der Waals surface area contributed by atoms with E-state index in [0.717, 1.165) is 6.42 Å². The van der Waals surface area contributed by atoms with Gasteiger partial charge in [-0.15, -0.1) is 6.58 Å². The van der Waals surface area contributed by atoms with Crippen LogP contribution < -0.4 is 9.04 Å². The van der Waals surface area contributed by atoms with Gasteiger partial charge in [0.1, 0.15) is 5.75 Å². The number of hydrogen-bond donors (Lipinski definition) is 0. The molecule has 0 aliphatic rings. The molecule has 2 rings (SSSR count). The summed E-state index contributed by atoms with van der Waals surface area (Å²) in [5, 5.41) is 0. The highest BCUT2D eigenvalue weighted by Crippen LogP contribution is 2.26. The first kappa shape index (κ1) is 17.1. The van der Waals surface area contributed by atoms with Crippen molar-refractivity contribution in [1.29, 1.82) is 0 Å². The molecule has 23 heavy (non-hydrogen) atoms. The summed E-state index contributed by atoms with van der Waals surface area (Å²) in [5.74, 6) is 0.692. The van der Waals surface area contributed by atoms with Gasteiger partial charge in [-0.05, 0) is 49.2 Å². The van der Waals surface area contributed by atoms with Gasteiger partial charge in [-0.2, -0.15) is 0 Å². The zero-order valence-corrected chi connectivity index (χ0v) is 14.0. The van der Waals surface area contributed by atoms with E-state index in [1.54, 1.807) is 67.8 Å². The number of hydrogen-bond acceptors (Lipinski definition) is 3. The molecule has 0 fully saturated rings. The first-order valence-corrected chi connectivity index (χ1v) is 8.86. The molecule has 0 aromatic heterocycles. The van der Waals surface area contributed by atoms with Gasteiger partial charge in [0.15, 0.2) is 0 Å². The minimum atomic E-state index is -3.60. The Labute approximate surface area is 138 Å². The zero-order chi connectivity index (χ0) is 16.7. The van der Waals surface area contributed by atoms with Crippen molar-refractivity contribution in [3.05, 3.63) is 67.3 Å². The molecule has 0 radical (unpaired) electrons. The highest BCUT2D eigenvalue weighted by Gasteiger charge is 2.24. The second-order valence-corrected chi connectivity index (χ2v) is 6.88. The van der Waals surface area contributed by atoms with E-state index >= 15 is 0 Å². The molecule has 0 heterocycles. The van der Waals surface area contributed by atoms with Gasteiger partial charge in [-0.3, -0.25) is 4.31 Å². The van der Waals surface area contributed by atoms with Crippen molar-refractivity contribution in [2.75, 3.05) is 18.0 Å². The van der Waals surface area contributed by atoms with Crippen molar-refractivity contribution in [3.63, 3.8) is 0 Å². The van der Waals surface area contributed by atoms with Crippen molar-refractivity contribution in [2.24, 2.45) is 0 Å². The number of rotatable bonds is 8. The molecule has 0 unspecified atom stereocenters. The van der Waals surface area contributed by atoms with Crippen LogP contribution in [0, 0.1) is 0 Å². The summed E-state index contributed by atoms with van der Waals surface area (Å²) < 4.78 is 32.5. The average molecular weight is 331 g/mol. The molecule has 0 saturated heterocycles. The Balaban J connectivity index is 2.38. The summed E-state index contributed by atoms with van der Waals surface area (Å²) in [6.45, 7) is 4.09. The van der Waals surface area contributed by atoms with E-state index < -0.39 is 10.0 Å². The van der Waals surface area contributed by atoms with Gasteiger partial charge in [-0.1, -0.05) is 24.3 Å². The number of benzene rings is 2. The van der Waals surface area contributed by atoms with Crippen LogP contribution in [0.2, 0.25) is 0 Å². The highest BCUT2D eigenvalue weighted by atomic mass is 32.2. The van der Waals surface area contributed by atoms with Gasteiger partial charge < -0.3 is 4.74 Å². The molecule has 4 nitrogen and oxygen atoms in total. The van der Waals surface area contributed by atoms with E-state index in [1.165, 1.54) is 4.31 Å². The Morgan fingerprint density at radius 3 is 2.30 bits per heavy atom. The monoisotopic (exact) mass is 331 g/mol. The second-order valence-electron chi connectivity index (χ2n) is 5.02. The van der Waals surface area contributed by atoms with Crippen molar-refractivity contribution in [1.82, 2.24) is 0 Å². The summed E-state index contributed by atoms with van der Waals surface area (Å²) in [6, 6.07) is 15.5. The molecule has 0 spiro atoms. The molecule has 2 aromatic rings. The van der Waals surface area contributed by atoms with E-state index in [9.17, 15) is 8.42 Å². The SMILES string of the molecule is C=CCCCN(c1ccc(OC)cc1)S(=O)(=O)c1ccccc1. The number of ether oxygens (including phenoxy) is 1. The number of methoxy groups -OCH3 is 1. The fourth-order valence-electron chi connectivity index (χ4n) is 2.24. The third-order valence-electron chi connectivity index (χ3n) is 3.46. The molecule has 0 saturated carbocycles. The first-order chi connectivity index (χ1) is 11.1. The van der Waals surface area contributed by atoms with Crippen LogP contribution in [0.5, 0.6) is 5.75 Å². The van der Waals surface area contributed by atoms with Crippen molar-refractivity contribution in [3.8, 4) is 5.75 Å². The average Bonchev–Trinajstić information content (AvgIpc) is 2.59. The number of unbranched alkanes of at least 4 members (excludes halogenated alkanes) is 1. The minimum absolute atomic E-state index is 0.287. The third-order valence-corrected chi connectivity index (χ3v) is 5.30. The van der Waals surface area contributed by atoms with Crippen LogP contribution in [0.3, 0.4) is 0 Å². The molecule has 0 atom stereocenters. The van der Waals surface area contributed by atoms with Crippen LogP contribution in [-0.2, 0) is 10.0 Å². The Morgan fingerprint density at radius 1 is 1.09 bits per heavy atom. The summed E-state index contributed by atoms with van der Waals surface area (Å²) >= 11 is 0. The summed E-state index contributed by atoms with van der Waals surface area (Å²) in [6.07, 6.45) is 3.26. The molecular formula is C18H21NO3S. The van der Waals surface area contributed by atoms with Crippen LogP contribution in [0.15, 0.2) is 72.1 Å².